The Hall–Kier alpha value is -1.81. The highest BCUT2D eigenvalue weighted by molar-refractivity contribution is 5.82. The van der Waals surface area contributed by atoms with Crippen LogP contribution in [0.4, 0.5) is 5.82 Å². The fourth-order valence-electron chi connectivity index (χ4n) is 2.29. The van der Waals surface area contributed by atoms with Crippen molar-refractivity contribution < 1.29 is 25.5 Å². The zero-order valence-corrected chi connectivity index (χ0v) is 10.8. The Labute approximate surface area is 125 Å². The first-order chi connectivity index (χ1) is 11.6. The van der Waals surface area contributed by atoms with Crippen molar-refractivity contribution in [2.24, 2.45) is 0 Å². The number of fused-ring (bicyclic) bond motifs is 1. The van der Waals surface area contributed by atoms with Gasteiger partial charge in [0.15, 0.2) is 17.0 Å². The molecule has 21 heavy (non-hydrogen) atoms. The van der Waals surface area contributed by atoms with Crippen LogP contribution >= 0.6 is 0 Å². The normalized spacial score (nSPS) is 29.8. The summed E-state index contributed by atoms with van der Waals surface area (Å²) < 4.78 is 36.5. The summed E-state index contributed by atoms with van der Waals surface area (Å²) in [5, 5.41) is 30.5. The maximum absolute atomic E-state index is 9.84. The van der Waals surface area contributed by atoms with E-state index >= 15 is 0 Å². The number of ether oxygens (including phenoxy) is 1. The van der Waals surface area contributed by atoms with Gasteiger partial charge in [-0.05, 0) is 0 Å². The van der Waals surface area contributed by atoms with Gasteiger partial charge in [-0.1, -0.05) is 0 Å². The summed E-state index contributed by atoms with van der Waals surface area (Å²) in [4.78, 5) is 12.0. The largest absolute Gasteiger partial charge is 0.395 e. The molecule has 9 nitrogen and oxygen atoms in total. The molecule has 1 aliphatic rings. The van der Waals surface area contributed by atoms with Gasteiger partial charge in [-0.2, -0.15) is 0 Å². The van der Waals surface area contributed by atoms with Crippen LogP contribution in [0.25, 0.3) is 11.2 Å². The zero-order chi connectivity index (χ0) is 18.4. The van der Waals surface area contributed by atoms with Crippen molar-refractivity contribution in [2.75, 3.05) is 25.0 Å². The van der Waals surface area contributed by atoms with Crippen LogP contribution in [0.5, 0.6) is 0 Å². The van der Waals surface area contributed by atoms with Crippen molar-refractivity contribution in [3.8, 4) is 0 Å². The summed E-state index contributed by atoms with van der Waals surface area (Å²) >= 11 is 0. The van der Waals surface area contributed by atoms with Gasteiger partial charge < -0.3 is 25.4 Å². The van der Waals surface area contributed by atoms with E-state index in [0.29, 0.717) is 0 Å². The minimum atomic E-state index is -3.15. The van der Waals surface area contributed by atoms with E-state index in [1.165, 1.54) is 10.9 Å². The highest BCUT2D eigenvalue weighted by atomic mass is 16.5. The van der Waals surface area contributed by atoms with Crippen LogP contribution in [-0.2, 0) is 4.74 Å². The average Bonchev–Trinajstić information content (AvgIpc) is 3.09. The number of aromatic nitrogens is 4. The minimum Gasteiger partial charge on any atom is -0.395 e. The van der Waals surface area contributed by atoms with Gasteiger partial charge >= 0.3 is 0 Å². The van der Waals surface area contributed by atoms with Gasteiger partial charge in [-0.15, -0.1) is 0 Å². The molecule has 2 aromatic heterocycles. The summed E-state index contributed by atoms with van der Waals surface area (Å²) in [5.74, 6) is -0.107. The van der Waals surface area contributed by atoms with E-state index in [2.05, 4.69) is 20.3 Å². The van der Waals surface area contributed by atoms with Crippen LogP contribution in [0.2, 0.25) is 0 Å². The first-order valence-corrected chi connectivity index (χ1v) is 6.26. The maximum atomic E-state index is 9.84. The average molecular weight is 299 g/mol. The van der Waals surface area contributed by atoms with Crippen LogP contribution in [0.3, 0.4) is 0 Å². The van der Waals surface area contributed by atoms with Crippen LogP contribution in [-0.4, -0.2) is 66.7 Å². The lowest BCUT2D eigenvalue weighted by Crippen LogP contribution is -2.24. The Bertz CT molecular complexity index is 768. The summed E-state index contributed by atoms with van der Waals surface area (Å²) in [6.07, 6.45) is 0.510. The number of imidazole rings is 1. The third-order valence-corrected chi connectivity index (χ3v) is 3.29. The fourth-order valence-corrected chi connectivity index (χ4v) is 2.29. The first kappa shape index (κ1) is 10.0. The smallest absolute Gasteiger partial charge is 0.167 e. The van der Waals surface area contributed by atoms with Crippen LogP contribution in [0.15, 0.2) is 12.7 Å². The molecule has 0 radical (unpaired) electrons. The minimum absolute atomic E-state index is 0.107. The summed E-state index contributed by atoms with van der Waals surface area (Å²) in [5.41, 5.74) is 0.406. The van der Waals surface area contributed by atoms with E-state index in [0.717, 1.165) is 6.33 Å². The van der Waals surface area contributed by atoms with Gasteiger partial charge in [0.05, 0.1) is 31.1 Å². The molecule has 0 unspecified atom stereocenters. The molecule has 1 fully saturated rings. The first-order valence-electron chi connectivity index (χ1n) is 8.26. The molecule has 114 valence electrons. The molecular formula is C12H17N5O4. The van der Waals surface area contributed by atoms with Crippen molar-refractivity contribution >= 4 is 17.0 Å². The number of hydrogen-bond donors (Lipinski definition) is 4. The van der Waals surface area contributed by atoms with Gasteiger partial charge in [0.2, 0.25) is 0 Å². The number of aliphatic hydroxyl groups is 3. The SMILES string of the molecule is [2H]C([2H])(O)C([2H])([2H])Nc1ncnc2c1ncn2[C@@H]1C[C@H](O)[C@H](CO)O1. The van der Waals surface area contributed by atoms with Gasteiger partial charge in [-0.25, -0.2) is 15.0 Å². The van der Waals surface area contributed by atoms with Crippen molar-refractivity contribution in [1.82, 2.24) is 19.5 Å². The van der Waals surface area contributed by atoms with E-state index < -0.39 is 31.5 Å². The van der Waals surface area contributed by atoms with E-state index in [1.54, 1.807) is 0 Å². The maximum Gasteiger partial charge on any atom is 0.167 e. The topological polar surface area (TPSA) is 126 Å². The molecule has 1 saturated heterocycles. The van der Waals surface area contributed by atoms with Crippen molar-refractivity contribution in [2.45, 2.75) is 24.9 Å². The number of nitrogens with one attached hydrogen (secondary N) is 1. The number of rotatable bonds is 5. The summed E-state index contributed by atoms with van der Waals surface area (Å²) in [6, 6.07) is 0. The molecule has 0 amide bonds. The van der Waals surface area contributed by atoms with Crippen molar-refractivity contribution in [3.63, 3.8) is 0 Å². The number of anilines is 1. The molecule has 0 bridgehead atoms. The highest BCUT2D eigenvalue weighted by Gasteiger charge is 2.35. The quantitative estimate of drug-likeness (QED) is 0.546. The Kier molecular flexibility index (Phi) is 2.81. The van der Waals surface area contributed by atoms with E-state index in [4.69, 9.17) is 15.3 Å². The molecule has 0 aromatic carbocycles. The monoisotopic (exact) mass is 299 g/mol. The third kappa shape index (κ3) is 2.56. The van der Waals surface area contributed by atoms with Gasteiger partial charge in [0, 0.05) is 12.9 Å². The Balaban J connectivity index is 1.94. The highest BCUT2D eigenvalue weighted by Crippen LogP contribution is 2.31. The molecule has 3 atom stereocenters. The van der Waals surface area contributed by atoms with Gasteiger partial charge in [0.1, 0.15) is 18.7 Å². The molecule has 0 aliphatic carbocycles. The predicted octanol–water partition coefficient (Wildman–Crippen LogP) is -1.13. The second-order valence-electron chi connectivity index (χ2n) is 4.52. The van der Waals surface area contributed by atoms with E-state index in [1.807, 2.05) is 0 Å². The van der Waals surface area contributed by atoms with Gasteiger partial charge in [-0.3, -0.25) is 4.57 Å². The van der Waals surface area contributed by atoms with Crippen molar-refractivity contribution in [3.05, 3.63) is 12.7 Å². The molecule has 3 heterocycles. The molecule has 0 spiro atoms. The van der Waals surface area contributed by atoms with Crippen LogP contribution in [0, 0.1) is 0 Å². The Morgan fingerprint density at radius 2 is 2.29 bits per heavy atom. The molecule has 1 aliphatic heterocycles. The van der Waals surface area contributed by atoms with Crippen LogP contribution in [0.1, 0.15) is 18.1 Å². The molecule has 0 saturated carbocycles. The molecular weight excluding hydrogens is 278 g/mol. The number of aliphatic hydroxyl groups excluding tert-OH is 2. The molecule has 3 rings (SSSR count). The standard InChI is InChI=1S/C12H17N5O4/c18-2-1-13-11-10-12(15-5-14-11)17(6-16-10)9-3-7(20)8(4-19)21-9/h5-9,18-20H,1-4H2,(H,13,14,15)/t7-,8-,9-/m0/s1/i1D2,2D2. The lowest BCUT2D eigenvalue weighted by atomic mass is 10.2. The van der Waals surface area contributed by atoms with Crippen molar-refractivity contribution in [1.29, 1.82) is 0 Å². The number of hydrogen-bond acceptors (Lipinski definition) is 8. The van der Waals surface area contributed by atoms with E-state index in [-0.39, 0.29) is 30.0 Å². The third-order valence-electron chi connectivity index (χ3n) is 3.29. The number of nitrogens with zero attached hydrogens (tertiary/aromatic N) is 4. The molecule has 2 aromatic rings. The lowest BCUT2D eigenvalue weighted by molar-refractivity contribution is -0.0432. The predicted molar refractivity (Wildman–Crippen MR) is 72.5 cm³/mol. The van der Waals surface area contributed by atoms with Crippen LogP contribution < -0.4 is 5.32 Å². The lowest BCUT2D eigenvalue weighted by Gasteiger charge is -2.13. The van der Waals surface area contributed by atoms with E-state index in [9.17, 15) is 10.2 Å². The summed E-state index contributed by atoms with van der Waals surface area (Å²) in [6.45, 7) is -6.31. The Morgan fingerprint density at radius 3 is 3.00 bits per heavy atom. The second kappa shape index (κ2) is 5.90. The summed E-state index contributed by atoms with van der Waals surface area (Å²) in [7, 11) is 0. The Morgan fingerprint density at radius 1 is 1.43 bits per heavy atom. The fraction of sp³-hybridized carbons (Fsp3) is 0.583. The zero-order valence-electron chi connectivity index (χ0n) is 14.8. The second-order valence-corrected chi connectivity index (χ2v) is 4.52. The molecule has 9 heteroatoms. The molecule has 4 N–H and O–H groups in total. The van der Waals surface area contributed by atoms with Gasteiger partial charge in [0.25, 0.3) is 0 Å².